The van der Waals surface area contributed by atoms with E-state index < -0.39 is 0 Å². The Balaban J connectivity index is 1.52. The van der Waals surface area contributed by atoms with Crippen LogP contribution in [0.1, 0.15) is 28.5 Å². The van der Waals surface area contributed by atoms with Crippen LogP contribution in [-0.4, -0.2) is 24.9 Å². The molecule has 0 aliphatic heterocycles. The second kappa shape index (κ2) is 9.71. The minimum atomic E-state index is -0.270. The predicted octanol–water partition coefficient (Wildman–Crippen LogP) is 3.33. The number of carbonyl (C=O) groups excluding carboxylic acids is 2. The lowest BCUT2D eigenvalue weighted by Gasteiger charge is -2.17. The number of aryl methyl sites for hydroxylation is 1. The van der Waals surface area contributed by atoms with Crippen LogP contribution >= 0.6 is 0 Å². The van der Waals surface area contributed by atoms with E-state index in [2.05, 4.69) is 16.0 Å². The van der Waals surface area contributed by atoms with Gasteiger partial charge in [-0.15, -0.1) is 0 Å². The molecule has 3 rings (SSSR count). The molecule has 1 aromatic heterocycles. The van der Waals surface area contributed by atoms with Crippen molar-refractivity contribution in [3.63, 3.8) is 0 Å². The molecular formula is C23H25N3O3. The van der Waals surface area contributed by atoms with Gasteiger partial charge >= 0.3 is 0 Å². The van der Waals surface area contributed by atoms with Crippen molar-refractivity contribution in [1.82, 2.24) is 10.6 Å². The molecule has 29 heavy (non-hydrogen) atoms. The number of amides is 2. The maximum atomic E-state index is 12.2. The zero-order valence-corrected chi connectivity index (χ0v) is 16.6. The molecule has 2 amide bonds. The Bertz CT molecular complexity index is 953. The van der Waals surface area contributed by atoms with Crippen molar-refractivity contribution < 1.29 is 14.0 Å². The first-order valence-corrected chi connectivity index (χ1v) is 9.49. The quantitative estimate of drug-likeness (QED) is 0.550. The number of hydrogen-bond acceptors (Lipinski definition) is 4. The van der Waals surface area contributed by atoms with E-state index in [1.165, 1.54) is 0 Å². The van der Waals surface area contributed by atoms with Crippen LogP contribution < -0.4 is 16.0 Å². The van der Waals surface area contributed by atoms with E-state index in [9.17, 15) is 9.59 Å². The molecule has 0 aliphatic carbocycles. The van der Waals surface area contributed by atoms with Gasteiger partial charge in [-0.1, -0.05) is 42.5 Å². The van der Waals surface area contributed by atoms with Crippen LogP contribution in [0, 0.1) is 13.8 Å². The Morgan fingerprint density at radius 2 is 1.69 bits per heavy atom. The van der Waals surface area contributed by atoms with Gasteiger partial charge in [0.1, 0.15) is 5.76 Å². The Morgan fingerprint density at radius 3 is 2.41 bits per heavy atom. The number of hydrogen-bond donors (Lipinski definition) is 3. The summed E-state index contributed by atoms with van der Waals surface area (Å²) in [6.07, 6.45) is 1.60. The average molecular weight is 391 g/mol. The van der Waals surface area contributed by atoms with Crippen molar-refractivity contribution in [2.45, 2.75) is 19.9 Å². The van der Waals surface area contributed by atoms with Gasteiger partial charge < -0.3 is 15.1 Å². The fourth-order valence-electron chi connectivity index (χ4n) is 3.00. The van der Waals surface area contributed by atoms with Gasteiger partial charge in [0.25, 0.3) is 0 Å². The summed E-state index contributed by atoms with van der Waals surface area (Å²) in [5, 5.41) is 8.67. The highest BCUT2D eigenvalue weighted by Crippen LogP contribution is 2.22. The summed E-state index contributed by atoms with van der Waals surface area (Å²) in [6, 6.07) is 18.9. The van der Waals surface area contributed by atoms with Gasteiger partial charge in [0.2, 0.25) is 11.8 Å². The summed E-state index contributed by atoms with van der Waals surface area (Å²) in [6.45, 7) is 3.90. The lowest BCUT2D eigenvalue weighted by Crippen LogP contribution is -2.39. The Morgan fingerprint density at radius 1 is 0.897 bits per heavy atom. The van der Waals surface area contributed by atoms with E-state index in [0.717, 1.165) is 28.1 Å². The third-order valence-corrected chi connectivity index (χ3v) is 4.75. The van der Waals surface area contributed by atoms with Crippen LogP contribution in [-0.2, 0) is 9.59 Å². The fourth-order valence-corrected chi connectivity index (χ4v) is 3.00. The van der Waals surface area contributed by atoms with Gasteiger partial charge in [0, 0.05) is 5.69 Å². The molecule has 0 spiro atoms. The van der Waals surface area contributed by atoms with E-state index >= 15 is 0 Å². The molecule has 1 atom stereocenters. The number of anilines is 1. The highest BCUT2D eigenvalue weighted by atomic mass is 16.3. The molecule has 6 nitrogen and oxygen atoms in total. The monoisotopic (exact) mass is 391 g/mol. The predicted molar refractivity (Wildman–Crippen MR) is 113 cm³/mol. The largest absolute Gasteiger partial charge is 0.467 e. The first kappa shape index (κ1) is 20.4. The molecule has 0 saturated heterocycles. The van der Waals surface area contributed by atoms with E-state index in [-0.39, 0.29) is 30.9 Å². The third kappa shape index (κ3) is 5.56. The Kier molecular flexibility index (Phi) is 6.81. The normalized spacial score (nSPS) is 11.7. The van der Waals surface area contributed by atoms with E-state index in [1.807, 2.05) is 74.5 Å². The minimum Gasteiger partial charge on any atom is -0.467 e. The van der Waals surface area contributed by atoms with Crippen molar-refractivity contribution in [2.75, 3.05) is 18.4 Å². The molecule has 0 saturated carbocycles. The third-order valence-electron chi connectivity index (χ3n) is 4.75. The molecule has 150 valence electrons. The number of nitrogens with one attached hydrogen (secondary N) is 3. The molecule has 0 radical (unpaired) electrons. The standard InChI is InChI=1S/C23H25N3O3/c1-16-8-6-11-19(17(16)2)26-22(28)15-24-21(27)14-25-23(20-12-7-13-29-20)18-9-4-3-5-10-18/h3-13,23,25H,14-15H2,1-2H3,(H,24,27)(H,26,28)/t23-/m1/s1. The molecule has 3 aromatic rings. The van der Waals surface area contributed by atoms with Crippen molar-refractivity contribution in [3.05, 3.63) is 89.4 Å². The Hall–Kier alpha value is -3.38. The van der Waals surface area contributed by atoms with Crippen LogP contribution in [0.5, 0.6) is 0 Å². The van der Waals surface area contributed by atoms with E-state index in [4.69, 9.17) is 4.42 Å². The SMILES string of the molecule is Cc1cccc(NC(=O)CNC(=O)CN[C@H](c2ccccc2)c2ccco2)c1C. The summed E-state index contributed by atoms with van der Waals surface area (Å²) in [7, 11) is 0. The van der Waals surface area contributed by atoms with E-state index in [1.54, 1.807) is 6.26 Å². The molecule has 1 heterocycles. The van der Waals surface area contributed by atoms with Crippen molar-refractivity contribution in [3.8, 4) is 0 Å². The van der Waals surface area contributed by atoms with Gasteiger partial charge in [0.15, 0.2) is 0 Å². The molecule has 0 aliphatic rings. The maximum Gasteiger partial charge on any atom is 0.243 e. The maximum absolute atomic E-state index is 12.2. The molecule has 0 bridgehead atoms. The van der Waals surface area contributed by atoms with Crippen molar-refractivity contribution in [2.24, 2.45) is 0 Å². The van der Waals surface area contributed by atoms with Crippen LogP contribution in [0.25, 0.3) is 0 Å². The second-order valence-electron chi connectivity index (χ2n) is 6.81. The number of furan rings is 1. The number of benzene rings is 2. The lowest BCUT2D eigenvalue weighted by molar-refractivity contribution is -0.123. The zero-order chi connectivity index (χ0) is 20.6. The van der Waals surface area contributed by atoms with Crippen LogP contribution in [0.2, 0.25) is 0 Å². The Labute approximate surface area is 170 Å². The van der Waals surface area contributed by atoms with Gasteiger partial charge in [-0.25, -0.2) is 0 Å². The van der Waals surface area contributed by atoms with Crippen molar-refractivity contribution >= 4 is 17.5 Å². The van der Waals surface area contributed by atoms with Gasteiger partial charge in [-0.05, 0) is 48.7 Å². The van der Waals surface area contributed by atoms with Crippen LogP contribution in [0.3, 0.4) is 0 Å². The zero-order valence-electron chi connectivity index (χ0n) is 16.6. The van der Waals surface area contributed by atoms with Gasteiger partial charge in [-0.3, -0.25) is 14.9 Å². The molecular weight excluding hydrogens is 366 g/mol. The molecule has 0 unspecified atom stereocenters. The molecule has 0 fully saturated rings. The lowest BCUT2D eigenvalue weighted by atomic mass is 10.0. The summed E-state index contributed by atoms with van der Waals surface area (Å²) in [4.78, 5) is 24.4. The second-order valence-corrected chi connectivity index (χ2v) is 6.81. The fraction of sp³-hybridized carbons (Fsp3) is 0.217. The minimum absolute atomic E-state index is 0.0526. The number of carbonyl (C=O) groups is 2. The van der Waals surface area contributed by atoms with Crippen LogP contribution in [0.15, 0.2) is 71.3 Å². The summed E-state index contributed by atoms with van der Waals surface area (Å²) < 4.78 is 5.51. The molecule has 2 aromatic carbocycles. The highest BCUT2D eigenvalue weighted by Gasteiger charge is 2.17. The first-order chi connectivity index (χ1) is 14.0. The van der Waals surface area contributed by atoms with Gasteiger partial charge in [-0.2, -0.15) is 0 Å². The summed E-state index contributed by atoms with van der Waals surface area (Å²) in [5.41, 5.74) is 3.85. The average Bonchev–Trinajstić information content (AvgIpc) is 3.25. The smallest absolute Gasteiger partial charge is 0.243 e. The summed E-state index contributed by atoms with van der Waals surface area (Å²) >= 11 is 0. The van der Waals surface area contributed by atoms with Crippen molar-refractivity contribution in [1.29, 1.82) is 0 Å². The van der Waals surface area contributed by atoms with E-state index in [0.29, 0.717) is 0 Å². The molecule has 6 heteroatoms. The highest BCUT2D eigenvalue weighted by molar-refractivity contribution is 5.95. The topological polar surface area (TPSA) is 83.4 Å². The summed E-state index contributed by atoms with van der Waals surface area (Å²) in [5.74, 6) is 0.183. The first-order valence-electron chi connectivity index (χ1n) is 9.49. The number of rotatable bonds is 8. The van der Waals surface area contributed by atoms with Crippen LogP contribution in [0.4, 0.5) is 5.69 Å². The molecule has 3 N–H and O–H groups in total. The van der Waals surface area contributed by atoms with Gasteiger partial charge in [0.05, 0.1) is 25.4 Å².